The first-order valence-electron chi connectivity index (χ1n) is 8.55. The number of hydrogen-bond acceptors (Lipinski definition) is 5. The topological polar surface area (TPSA) is 90.8 Å². The van der Waals surface area contributed by atoms with Crippen molar-refractivity contribution in [1.82, 2.24) is 13.6 Å². The zero-order valence-corrected chi connectivity index (χ0v) is 15.6. The zero-order valence-electron chi connectivity index (χ0n) is 14.0. The highest BCUT2D eigenvalue weighted by atomic mass is 32.2. The molecule has 2 aliphatic heterocycles. The van der Waals surface area contributed by atoms with E-state index in [0.717, 1.165) is 30.6 Å². The standard InChI is InChI=1S/C16H23N3O4S2/c20-16(21)15-3-1-2-10-19(15)25(22,23)18-11-6-14(7-12-18)24-13-4-8-17-9-5-13/h4-5,8-9,14-15H,1-3,6-7,10-12H2,(H,20,21). The molecule has 0 aliphatic carbocycles. The predicted molar refractivity (Wildman–Crippen MR) is 95.6 cm³/mol. The van der Waals surface area contributed by atoms with E-state index in [0.29, 0.717) is 31.3 Å². The Morgan fingerprint density at radius 1 is 1.12 bits per heavy atom. The maximum atomic E-state index is 12.9. The number of aromatic nitrogens is 1. The molecule has 3 rings (SSSR count). The number of thioether (sulfide) groups is 1. The van der Waals surface area contributed by atoms with E-state index in [-0.39, 0.29) is 0 Å². The average Bonchev–Trinajstić information content (AvgIpc) is 2.63. The Balaban J connectivity index is 1.62. The molecule has 2 aliphatic rings. The summed E-state index contributed by atoms with van der Waals surface area (Å²) >= 11 is 1.75. The van der Waals surface area contributed by atoms with Gasteiger partial charge in [0, 0.05) is 42.2 Å². The molecule has 2 saturated heterocycles. The molecule has 2 fully saturated rings. The summed E-state index contributed by atoms with van der Waals surface area (Å²) in [5.41, 5.74) is 0. The van der Waals surface area contributed by atoms with Crippen LogP contribution in [0.5, 0.6) is 0 Å². The van der Waals surface area contributed by atoms with Gasteiger partial charge in [-0.15, -0.1) is 11.8 Å². The third-order valence-electron chi connectivity index (χ3n) is 4.71. The van der Waals surface area contributed by atoms with Gasteiger partial charge in [-0.05, 0) is 44.2 Å². The summed E-state index contributed by atoms with van der Waals surface area (Å²) in [6.07, 6.45) is 6.90. The van der Waals surface area contributed by atoms with Crippen molar-refractivity contribution >= 4 is 27.9 Å². The molecule has 1 atom stereocenters. The van der Waals surface area contributed by atoms with E-state index in [1.165, 1.54) is 8.61 Å². The molecular formula is C16H23N3O4S2. The van der Waals surface area contributed by atoms with Crippen LogP contribution in [0.4, 0.5) is 0 Å². The molecular weight excluding hydrogens is 362 g/mol. The number of carboxylic acid groups (broad SMARTS) is 1. The van der Waals surface area contributed by atoms with Crippen molar-refractivity contribution in [1.29, 1.82) is 0 Å². The summed E-state index contributed by atoms with van der Waals surface area (Å²) < 4.78 is 28.4. The molecule has 9 heteroatoms. The molecule has 1 aromatic heterocycles. The highest BCUT2D eigenvalue weighted by molar-refractivity contribution is 8.00. The number of aliphatic carboxylic acids is 1. The summed E-state index contributed by atoms with van der Waals surface area (Å²) in [6, 6.07) is 2.99. The van der Waals surface area contributed by atoms with Crippen LogP contribution < -0.4 is 0 Å². The van der Waals surface area contributed by atoms with Crippen molar-refractivity contribution in [2.24, 2.45) is 0 Å². The second kappa shape index (κ2) is 8.03. The normalized spacial score (nSPS) is 24.2. The van der Waals surface area contributed by atoms with Gasteiger partial charge in [0.05, 0.1) is 0 Å². The second-order valence-electron chi connectivity index (χ2n) is 6.37. The number of piperidine rings is 2. The van der Waals surface area contributed by atoms with E-state index < -0.39 is 22.2 Å². The van der Waals surface area contributed by atoms with Gasteiger partial charge in [-0.1, -0.05) is 0 Å². The van der Waals surface area contributed by atoms with Crippen LogP contribution >= 0.6 is 11.8 Å². The Hall–Kier alpha value is -1.16. The molecule has 138 valence electrons. The lowest BCUT2D eigenvalue weighted by Crippen LogP contribution is -2.54. The van der Waals surface area contributed by atoms with Gasteiger partial charge in [0.25, 0.3) is 10.2 Å². The van der Waals surface area contributed by atoms with Crippen LogP contribution in [0.3, 0.4) is 0 Å². The predicted octanol–water partition coefficient (Wildman–Crippen LogP) is 1.82. The number of pyridine rings is 1. The van der Waals surface area contributed by atoms with Crippen molar-refractivity contribution in [3.63, 3.8) is 0 Å². The lowest BCUT2D eigenvalue weighted by atomic mass is 10.1. The average molecular weight is 386 g/mol. The van der Waals surface area contributed by atoms with Gasteiger partial charge in [0.2, 0.25) is 0 Å². The first-order chi connectivity index (χ1) is 12.0. The molecule has 0 saturated carbocycles. The Kier molecular flexibility index (Phi) is 5.98. The summed E-state index contributed by atoms with van der Waals surface area (Å²) in [6.45, 7) is 1.17. The first kappa shape index (κ1) is 18.6. The van der Waals surface area contributed by atoms with Gasteiger partial charge < -0.3 is 5.11 Å². The molecule has 0 radical (unpaired) electrons. The zero-order chi connectivity index (χ0) is 17.9. The molecule has 0 spiro atoms. The highest BCUT2D eigenvalue weighted by Gasteiger charge is 2.41. The Morgan fingerprint density at radius 3 is 2.44 bits per heavy atom. The first-order valence-corrected chi connectivity index (χ1v) is 10.8. The molecule has 0 amide bonds. The smallest absolute Gasteiger partial charge is 0.322 e. The van der Waals surface area contributed by atoms with Crippen LogP contribution in [-0.2, 0) is 15.0 Å². The summed E-state index contributed by atoms with van der Waals surface area (Å²) in [5.74, 6) is -1.05. The number of carbonyl (C=O) groups is 1. The fraction of sp³-hybridized carbons (Fsp3) is 0.625. The fourth-order valence-corrected chi connectivity index (χ4v) is 6.32. The van der Waals surface area contributed by atoms with E-state index >= 15 is 0 Å². The Bertz CT molecular complexity index is 691. The minimum Gasteiger partial charge on any atom is -0.480 e. The van der Waals surface area contributed by atoms with Gasteiger partial charge in [0.15, 0.2) is 0 Å². The fourth-order valence-electron chi connectivity index (χ4n) is 3.37. The molecule has 1 aromatic rings. The van der Waals surface area contributed by atoms with Crippen molar-refractivity contribution < 1.29 is 18.3 Å². The molecule has 0 aromatic carbocycles. The minimum atomic E-state index is -3.71. The summed E-state index contributed by atoms with van der Waals surface area (Å²) in [7, 11) is -3.71. The van der Waals surface area contributed by atoms with Gasteiger partial charge in [-0.3, -0.25) is 9.78 Å². The van der Waals surface area contributed by atoms with E-state index in [1.54, 1.807) is 24.2 Å². The van der Waals surface area contributed by atoms with E-state index in [1.807, 2.05) is 12.1 Å². The number of rotatable bonds is 5. The summed E-state index contributed by atoms with van der Waals surface area (Å²) in [4.78, 5) is 16.6. The molecule has 25 heavy (non-hydrogen) atoms. The summed E-state index contributed by atoms with van der Waals surface area (Å²) in [5, 5.41) is 9.71. The molecule has 1 N–H and O–H groups in total. The molecule has 1 unspecified atom stereocenters. The van der Waals surface area contributed by atoms with Crippen LogP contribution in [0, 0.1) is 0 Å². The Labute approximate surface area is 152 Å². The van der Waals surface area contributed by atoms with Crippen molar-refractivity contribution in [3.8, 4) is 0 Å². The number of hydrogen-bond donors (Lipinski definition) is 1. The third kappa shape index (κ3) is 4.33. The van der Waals surface area contributed by atoms with Crippen molar-refractivity contribution in [2.45, 2.75) is 48.3 Å². The lowest BCUT2D eigenvalue weighted by Gasteiger charge is -2.38. The quantitative estimate of drug-likeness (QED) is 0.831. The van der Waals surface area contributed by atoms with Crippen molar-refractivity contribution in [2.75, 3.05) is 19.6 Å². The lowest BCUT2D eigenvalue weighted by molar-refractivity contribution is -0.142. The van der Waals surface area contributed by atoms with Crippen LogP contribution in [0.1, 0.15) is 32.1 Å². The maximum absolute atomic E-state index is 12.9. The van der Waals surface area contributed by atoms with Crippen LogP contribution in [0.2, 0.25) is 0 Å². The van der Waals surface area contributed by atoms with Gasteiger partial charge in [-0.2, -0.15) is 17.0 Å². The minimum absolute atomic E-state index is 0.297. The van der Waals surface area contributed by atoms with E-state index in [2.05, 4.69) is 4.98 Å². The van der Waals surface area contributed by atoms with Crippen LogP contribution in [-0.4, -0.2) is 64.0 Å². The van der Waals surface area contributed by atoms with Crippen LogP contribution in [0.15, 0.2) is 29.4 Å². The van der Waals surface area contributed by atoms with Crippen LogP contribution in [0.25, 0.3) is 0 Å². The van der Waals surface area contributed by atoms with Crippen molar-refractivity contribution in [3.05, 3.63) is 24.5 Å². The third-order valence-corrected chi connectivity index (χ3v) is 8.11. The number of carboxylic acids is 1. The number of nitrogens with zero attached hydrogens (tertiary/aromatic N) is 3. The highest BCUT2D eigenvalue weighted by Crippen LogP contribution is 2.32. The molecule has 7 nitrogen and oxygen atoms in total. The van der Waals surface area contributed by atoms with Gasteiger partial charge in [0.1, 0.15) is 6.04 Å². The largest absolute Gasteiger partial charge is 0.480 e. The Morgan fingerprint density at radius 2 is 1.80 bits per heavy atom. The molecule has 3 heterocycles. The van der Waals surface area contributed by atoms with E-state index in [4.69, 9.17) is 0 Å². The maximum Gasteiger partial charge on any atom is 0.322 e. The second-order valence-corrected chi connectivity index (χ2v) is 9.62. The van der Waals surface area contributed by atoms with Gasteiger partial charge >= 0.3 is 5.97 Å². The van der Waals surface area contributed by atoms with Gasteiger partial charge in [-0.25, -0.2) is 0 Å². The SMILES string of the molecule is O=C(O)C1CCCCN1S(=O)(=O)N1CCC(Sc2ccncc2)CC1. The molecule has 0 bridgehead atoms. The monoisotopic (exact) mass is 385 g/mol. The van der Waals surface area contributed by atoms with E-state index in [9.17, 15) is 18.3 Å².